The molecule has 3 aliphatic heterocycles. The molecule has 0 saturated carbocycles. The third-order valence-corrected chi connectivity index (χ3v) is 10.0. The van der Waals surface area contributed by atoms with Gasteiger partial charge in [-0.15, -0.1) is 0 Å². The Hall–Kier alpha value is -4.32. The van der Waals surface area contributed by atoms with Crippen LogP contribution in [0, 0.1) is 12.7 Å². The summed E-state index contributed by atoms with van der Waals surface area (Å²) in [6, 6.07) is 10.4. The average molecular weight is 645 g/mol. The number of hydrazone groups is 1. The van der Waals surface area contributed by atoms with E-state index in [0.717, 1.165) is 43.5 Å². The van der Waals surface area contributed by atoms with Gasteiger partial charge in [-0.1, -0.05) is 29.8 Å². The Balaban J connectivity index is 1.19. The quantitative estimate of drug-likeness (QED) is 0.359. The molecule has 1 spiro atoms. The van der Waals surface area contributed by atoms with E-state index in [1.54, 1.807) is 33.2 Å². The summed E-state index contributed by atoms with van der Waals surface area (Å²) in [6.45, 7) is 3.34. The molecule has 2 amide bonds. The van der Waals surface area contributed by atoms with E-state index >= 15 is 4.39 Å². The number of aliphatic hydroxyl groups excluding tert-OH is 1. The number of aryl methyl sites for hydroxylation is 1. The van der Waals surface area contributed by atoms with Crippen molar-refractivity contribution in [2.75, 3.05) is 32.6 Å². The maximum Gasteiger partial charge on any atom is 0.256 e. The number of aromatic nitrogens is 1. The van der Waals surface area contributed by atoms with Gasteiger partial charge in [0, 0.05) is 66.8 Å². The summed E-state index contributed by atoms with van der Waals surface area (Å²) in [5, 5.41) is 21.9. The molecule has 2 saturated heterocycles. The largest absolute Gasteiger partial charge is 0.481 e. The molecule has 4 heterocycles. The van der Waals surface area contributed by atoms with E-state index in [2.05, 4.69) is 20.6 Å². The molecule has 1 aromatic heterocycles. The number of allylic oxidation sites excluding steroid dienone is 1. The maximum absolute atomic E-state index is 15.5. The Morgan fingerprint density at radius 3 is 2.74 bits per heavy atom. The second kappa shape index (κ2) is 11.5. The molecular formula is C34H34ClFN6O4. The van der Waals surface area contributed by atoms with Crippen LogP contribution >= 0.6 is 11.6 Å². The number of methoxy groups -OCH3 is 1. The molecule has 0 bridgehead atoms. The van der Waals surface area contributed by atoms with Crippen LogP contribution in [0.1, 0.15) is 42.0 Å². The normalized spacial score (nSPS) is 21.6. The Labute approximate surface area is 270 Å². The van der Waals surface area contributed by atoms with E-state index in [1.165, 1.54) is 29.4 Å². The molecule has 3 aromatic rings. The fourth-order valence-electron chi connectivity index (χ4n) is 7.23. The van der Waals surface area contributed by atoms with Crippen LogP contribution in [0.3, 0.4) is 0 Å². The van der Waals surface area contributed by atoms with Gasteiger partial charge in [0.25, 0.3) is 5.91 Å². The number of fused-ring (bicyclic) bond motifs is 1. The first-order valence-corrected chi connectivity index (χ1v) is 15.6. The number of halogens is 2. The van der Waals surface area contributed by atoms with Gasteiger partial charge in [0.1, 0.15) is 5.82 Å². The summed E-state index contributed by atoms with van der Waals surface area (Å²) in [6.07, 6.45) is 4.89. The van der Waals surface area contributed by atoms with Gasteiger partial charge < -0.3 is 20.5 Å². The molecule has 12 heteroatoms. The van der Waals surface area contributed by atoms with Crippen molar-refractivity contribution in [2.45, 2.75) is 50.4 Å². The number of benzene rings is 2. The van der Waals surface area contributed by atoms with Crippen molar-refractivity contribution < 1.29 is 23.8 Å². The van der Waals surface area contributed by atoms with Crippen LogP contribution in [-0.4, -0.2) is 77.0 Å². The van der Waals surface area contributed by atoms with Gasteiger partial charge in [-0.3, -0.25) is 19.5 Å². The standard InChI is InChI=1S/C34H34ClFN6O4/c1-18-24(38-31(44)22-12-14-37-41(2)33(22)45)9-8-23(36)28(18)21-6-4-5-20(30(21)35)25-15-19-7-10-26(29(19)32(39-25)46-3)42-16-34(17-42)13-11-27(43)40-34/h4-6,8-9,12,14-15,26,33,45H,7,10-11,13,16-17H2,1-3H3,(H,38,44)(H,40,43). The molecule has 1 aliphatic carbocycles. The maximum atomic E-state index is 15.5. The van der Waals surface area contributed by atoms with Crippen LogP contribution in [0.4, 0.5) is 10.1 Å². The van der Waals surface area contributed by atoms with Crippen molar-refractivity contribution in [3.8, 4) is 28.3 Å². The summed E-state index contributed by atoms with van der Waals surface area (Å²) >= 11 is 7.04. The lowest BCUT2D eigenvalue weighted by Gasteiger charge is -2.50. The van der Waals surface area contributed by atoms with Crippen molar-refractivity contribution in [1.29, 1.82) is 0 Å². The predicted octanol–water partition coefficient (Wildman–Crippen LogP) is 4.59. The minimum absolute atomic E-state index is 0.109. The van der Waals surface area contributed by atoms with Crippen LogP contribution in [0.15, 0.2) is 53.1 Å². The molecule has 2 unspecified atom stereocenters. The molecule has 46 heavy (non-hydrogen) atoms. The highest BCUT2D eigenvalue weighted by Crippen LogP contribution is 2.48. The number of nitrogens with zero attached hydrogens (tertiary/aromatic N) is 4. The SMILES string of the molecule is COc1nc(-c2cccc(-c3c(F)ccc(NC(=O)C4=CC=NN(C)C4O)c3C)c2Cl)cc2c1C(N1CC3(CCC(=O)N3)C1)CC2. The Bertz CT molecular complexity index is 1840. The zero-order valence-corrected chi connectivity index (χ0v) is 26.5. The van der Waals surface area contributed by atoms with Crippen LogP contribution < -0.4 is 15.4 Å². The average Bonchev–Trinajstić information content (AvgIpc) is 3.63. The first-order valence-electron chi connectivity index (χ1n) is 15.3. The number of amides is 2. The summed E-state index contributed by atoms with van der Waals surface area (Å²) in [7, 11) is 3.17. The molecule has 4 aliphatic rings. The number of likely N-dealkylation sites (N-methyl/N-ethyl adjacent to an activating group) is 1. The van der Waals surface area contributed by atoms with E-state index < -0.39 is 18.0 Å². The van der Waals surface area contributed by atoms with Crippen LogP contribution in [0.2, 0.25) is 5.02 Å². The zero-order valence-electron chi connectivity index (χ0n) is 25.7. The minimum Gasteiger partial charge on any atom is -0.481 e. The van der Waals surface area contributed by atoms with Crippen molar-refractivity contribution in [3.05, 3.63) is 75.6 Å². The number of likely N-dealkylation sites (tertiary alicyclic amines) is 1. The van der Waals surface area contributed by atoms with Crippen molar-refractivity contribution in [1.82, 2.24) is 20.2 Å². The van der Waals surface area contributed by atoms with E-state index in [9.17, 15) is 14.7 Å². The van der Waals surface area contributed by atoms with Gasteiger partial charge in [0.15, 0.2) is 6.23 Å². The number of aliphatic hydroxyl groups is 1. The lowest BCUT2D eigenvalue weighted by atomic mass is 9.86. The monoisotopic (exact) mass is 644 g/mol. The van der Waals surface area contributed by atoms with E-state index in [4.69, 9.17) is 21.3 Å². The lowest BCUT2D eigenvalue weighted by Crippen LogP contribution is -2.67. The summed E-state index contributed by atoms with van der Waals surface area (Å²) in [5.41, 5.74) is 5.03. The number of pyridine rings is 1. The van der Waals surface area contributed by atoms with E-state index in [0.29, 0.717) is 45.4 Å². The van der Waals surface area contributed by atoms with Gasteiger partial charge >= 0.3 is 0 Å². The number of ether oxygens (including phenoxy) is 1. The predicted molar refractivity (Wildman–Crippen MR) is 173 cm³/mol. The Morgan fingerprint density at radius 1 is 1.22 bits per heavy atom. The molecule has 2 atom stereocenters. The first-order chi connectivity index (χ1) is 22.1. The summed E-state index contributed by atoms with van der Waals surface area (Å²) in [5.74, 6) is -0.358. The molecule has 2 fully saturated rings. The fourth-order valence-corrected chi connectivity index (χ4v) is 7.54. The smallest absolute Gasteiger partial charge is 0.256 e. The number of anilines is 1. The highest BCUT2D eigenvalue weighted by Gasteiger charge is 2.51. The summed E-state index contributed by atoms with van der Waals surface area (Å²) in [4.78, 5) is 32.2. The topological polar surface area (TPSA) is 119 Å². The highest BCUT2D eigenvalue weighted by molar-refractivity contribution is 6.36. The Kier molecular flexibility index (Phi) is 7.57. The molecule has 2 aromatic carbocycles. The molecule has 7 rings (SSSR count). The molecule has 3 N–H and O–H groups in total. The van der Waals surface area contributed by atoms with Crippen molar-refractivity contribution in [2.24, 2.45) is 5.10 Å². The van der Waals surface area contributed by atoms with Gasteiger partial charge in [-0.25, -0.2) is 9.37 Å². The molecule has 0 radical (unpaired) electrons. The van der Waals surface area contributed by atoms with E-state index in [1.807, 2.05) is 12.1 Å². The third kappa shape index (κ3) is 5.03. The molecule has 10 nitrogen and oxygen atoms in total. The second-order valence-corrected chi connectivity index (χ2v) is 12.8. The fraction of sp³-hybridized carbons (Fsp3) is 0.353. The number of carbonyl (C=O) groups is 2. The number of hydrogen-bond donors (Lipinski definition) is 3. The second-order valence-electron chi connectivity index (χ2n) is 12.4. The first kappa shape index (κ1) is 30.3. The van der Waals surface area contributed by atoms with Crippen molar-refractivity contribution in [3.63, 3.8) is 0 Å². The summed E-state index contributed by atoms with van der Waals surface area (Å²) < 4.78 is 21.3. The highest BCUT2D eigenvalue weighted by atomic mass is 35.5. The third-order valence-electron chi connectivity index (χ3n) is 9.61. The number of carbonyl (C=O) groups excluding carboxylic acids is 2. The van der Waals surface area contributed by atoms with Gasteiger partial charge in [-0.2, -0.15) is 5.10 Å². The molecular weight excluding hydrogens is 611 g/mol. The number of hydrogen-bond acceptors (Lipinski definition) is 8. The van der Waals surface area contributed by atoms with Crippen LogP contribution in [0.25, 0.3) is 22.4 Å². The van der Waals surface area contributed by atoms with Crippen molar-refractivity contribution >= 4 is 35.3 Å². The number of nitrogens with one attached hydrogen (secondary N) is 2. The van der Waals surface area contributed by atoms with E-state index in [-0.39, 0.29) is 28.6 Å². The van der Waals surface area contributed by atoms with Gasteiger partial charge in [-0.05, 0) is 61.6 Å². The van der Waals surface area contributed by atoms with Crippen LogP contribution in [-0.2, 0) is 16.0 Å². The van der Waals surface area contributed by atoms with Crippen LogP contribution in [0.5, 0.6) is 5.88 Å². The molecule has 238 valence electrons. The lowest BCUT2D eigenvalue weighted by molar-refractivity contribution is -0.121. The van der Waals surface area contributed by atoms with Gasteiger partial charge in [0.2, 0.25) is 11.8 Å². The number of rotatable bonds is 6. The zero-order chi connectivity index (χ0) is 32.3. The minimum atomic E-state index is -1.21. The van der Waals surface area contributed by atoms with Gasteiger partial charge in [0.05, 0.1) is 28.9 Å². The Morgan fingerprint density at radius 2 is 2.00 bits per heavy atom.